The molecule has 2 amide bonds. The molecule has 1 fully saturated rings. The summed E-state index contributed by atoms with van der Waals surface area (Å²) < 4.78 is 1.06. The molecule has 0 unspecified atom stereocenters. The first-order valence-electron chi connectivity index (χ1n) is 5.69. The summed E-state index contributed by atoms with van der Waals surface area (Å²) in [6.45, 7) is 5.10. The minimum Gasteiger partial charge on any atom is -0.382 e. The number of nitrogens with zero attached hydrogens (tertiary/aromatic N) is 1. The van der Waals surface area contributed by atoms with Crippen LogP contribution in [0.4, 0.5) is 10.5 Å². The molecule has 4 nitrogen and oxygen atoms in total. The van der Waals surface area contributed by atoms with E-state index in [1.807, 2.05) is 11.0 Å². The van der Waals surface area contributed by atoms with Gasteiger partial charge in [0.05, 0.1) is 0 Å². The van der Waals surface area contributed by atoms with E-state index in [9.17, 15) is 4.79 Å². The summed E-state index contributed by atoms with van der Waals surface area (Å²) in [5.41, 5.74) is 2.29. The second-order valence-corrected chi connectivity index (χ2v) is 4.98. The van der Waals surface area contributed by atoms with Gasteiger partial charge in [-0.25, -0.2) is 4.79 Å². The number of amides is 2. The van der Waals surface area contributed by atoms with Crippen molar-refractivity contribution in [2.45, 2.75) is 6.92 Å². The van der Waals surface area contributed by atoms with Crippen LogP contribution < -0.4 is 10.6 Å². The van der Waals surface area contributed by atoms with Gasteiger partial charge in [0.15, 0.2) is 0 Å². The van der Waals surface area contributed by atoms with E-state index in [1.54, 1.807) is 0 Å². The molecule has 0 spiro atoms. The first-order chi connectivity index (χ1) is 8.16. The van der Waals surface area contributed by atoms with Crippen LogP contribution in [0, 0.1) is 6.92 Å². The normalized spacial score (nSPS) is 14.9. The lowest BCUT2D eigenvalue weighted by Crippen LogP contribution is -2.32. The molecule has 2 rings (SSSR count). The van der Waals surface area contributed by atoms with Crippen molar-refractivity contribution in [2.75, 3.05) is 31.5 Å². The third-order valence-corrected chi connectivity index (χ3v) is 3.42. The minimum absolute atomic E-state index is 0.0368. The second-order valence-electron chi connectivity index (χ2n) is 4.13. The van der Waals surface area contributed by atoms with E-state index < -0.39 is 0 Å². The highest BCUT2D eigenvalue weighted by Gasteiger charge is 2.18. The number of nitrogens with one attached hydrogen (secondary N) is 2. The van der Waals surface area contributed by atoms with Crippen molar-refractivity contribution in [1.29, 1.82) is 0 Å². The highest BCUT2D eigenvalue weighted by molar-refractivity contribution is 9.10. The maximum atomic E-state index is 11.3. The Morgan fingerprint density at radius 2 is 2.35 bits per heavy atom. The molecule has 1 aliphatic heterocycles. The quantitative estimate of drug-likeness (QED) is 0.895. The number of hydrogen-bond donors (Lipinski definition) is 2. The molecule has 1 heterocycles. The van der Waals surface area contributed by atoms with Crippen molar-refractivity contribution >= 4 is 27.6 Å². The van der Waals surface area contributed by atoms with Crippen LogP contribution in [0.15, 0.2) is 22.7 Å². The second kappa shape index (κ2) is 5.40. The van der Waals surface area contributed by atoms with Crippen molar-refractivity contribution in [2.24, 2.45) is 0 Å². The zero-order valence-corrected chi connectivity index (χ0v) is 11.4. The molecule has 0 bridgehead atoms. The summed E-state index contributed by atoms with van der Waals surface area (Å²) in [6, 6.07) is 6.22. The molecule has 1 aromatic carbocycles. The monoisotopic (exact) mass is 297 g/mol. The Morgan fingerprint density at radius 1 is 1.53 bits per heavy atom. The van der Waals surface area contributed by atoms with Gasteiger partial charge >= 0.3 is 6.03 Å². The van der Waals surface area contributed by atoms with E-state index in [4.69, 9.17) is 0 Å². The molecular weight excluding hydrogens is 282 g/mol. The molecule has 0 radical (unpaired) electrons. The summed E-state index contributed by atoms with van der Waals surface area (Å²) in [4.78, 5) is 13.1. The van der Waals surface area contributed by atoms with Crippen LogP contribution in [0.3, 0.4) is 0 Å². The Hall–Kier alpha value is -1.23. The number of benzene rings is 1. The lowest BCUT2D eigenvalue weighted by molar-refractivity contribution is 0.219. The molecule has 0 aliphatic carbocycles. The van der Waals surface area contributed by atoms with Crippen molar-refractivity contribution in [3.8, 4) is 0 Å². The van der Waals surface area contributed by atoms with Gasteiger partial charge in [-0.3, -0.25) is 0 Å². The number of anilines is 1. The molecule has 0 saturated carbocycles. The van der Waals surface area contributed by atoms with Crippen molar-refractivity contribution in [3.05, 3.63) is 28.2 Å². The molecule has 5 heteroatoms. The Balaban J connectivity index is 1.83. The summed E-state index contributed by atoms with van der Waals surface area (Å²) in [5.74, 6) is 0. The van der Waals surface area contributed by atoms with Gasteiger partial charge in [0.1, 0.15) is 0 Å². The predicted molar refractivity (Wildman–Crippen MR) is 72.3 cm³/mol. The smallest absolute Gasteiger partial charge is 0.317 e. The number of hydrogen-bond acceptors (Lipinski definition) is 2. The first kappa shape index (κ1) is 12.2. The van der Waals surface area contributed by atoms with Gasteiger partial charge in [-0.15, -0.1) is 0 Å². The average molecular weight is 298 g/mol. The van der Waals surface area contributed by atoms with Crippen LogP contribution in [-0.2, 0) is 0 Å². The van der Waals surface area contributed by atoms with Gasteiger partial charge < -0.3 is 15.5 Å². The summed E-state index contributed by atoms with van der Waals surface area (Å²) in [7, 11) is 0. The molecule has 17 heavy (non-hydrogen) atoms. The highest BCUT2D eigenvalue weighted by atomic mass is 79.9. The Morgan fingerprint density at radius 3 is 3.00 bits per heavy atom. The molecule has 0 aromatic heterocycles. The molecule has 1 aliphatic rings. The average Bonchev–Trinajstić information content (AvgIpc) is 2.68. The van der Waals surface area contributed by atoms with Crippen LogP contribution in [0.2, 0.25) is 0 Å². The highest BCUT2D eigenvalue weighted by Crippen LogP contribution is 2.22. The number of carbonyl (C=O) groups excluding carboxylic acids is 1. The van der Waals surface area contributed by atoms with Gasteiger partial charge in [-0.1, -0.05) is 6.07 Å². The topological polar surface area (TPSA) is 44.4 Å². The Bertz CT molecular complexity index is 422. The van der Waals surface area contributed by atoms with E-state index in [-0.39, 0.29) is 6.03 Å². The molecule has 2 N–H and O–H groups in total. The van der Waals surface area contributed by atoms with Crippen LogP contribution in [0.25, 0.3) is 0 Å². The lowest BCUT2D eigenvalue weighted by Gasteiger charge is -2.15. The van der Waals surface area contributed by atoms with E-state index in [0.717, 1.165) is 36.3 Å². The maximum Gasteiger partial charge on any atom is 0.317 e. The van der Waals surface area contributed by atoms with Crippen molar-refractivity contribution < 1.29 is 4.79 Å². The molecule has 1 saturated heterocycles. The van der Waals surface area contributed by atoms with Gasteiger partial charge in [0, 0.05) is 36.3 Å². The molecule has 1 aromatic rings. The summed E-state index contributed by atoms with van der Waals surface area (Å²) >= 11 is 3.52. The third-order valence-electron chi connectivity index (χ3n) is 2.77. The van der Waals surface area contributed by atoms with Gasteiger partial charge in [0.25, 0.3) is 0 Å². The predicted octanol–water partition coefficient (Wildman–Crippen LogP) is 2.19. The number of urea groups is 1. The van der Waals surface area contributed by atoms with E-state index >= 15 is 0 Å². The SMILES string of the molecule is Cc1ccc(NCCN2CCNC2=O)c(Br)c1. The molecule has 0 atom stereocenters. The summed E-state index contributed by atoms with van der Waals surface area (Å²) in [6.07, 6.45) is 0. The molecule has 92 valence electrons. The van der Waals surface area contributed by atoms with Crippen molar-refractivity contribution in [1.82, 2.24) is 10.2 Å². The van der Waals surface area contributed by atoms with E-state index in [2.05, 4.69) is 45.6 Å². The number of carbonyl (C=O) groups is 1. The Kier molecular flexibility index (Phi) is 3.89. The van der Waals surface area contributed by atoms with E-state index in [0.29, 0.717) is 0 Å². The minimum atomic E-state index is 0.0368. The van der Waals surface area contributed by atoms with Crippen LogP contribution >= 0.6 is 15.9 Å². The fourth-order valence-electron chi connectivity index (χ4n) is 1.81. The fourth-order valence-corrected chi connectivity index (χ4v) is 2.45. The van der Waals surface area contributed by atoms with Crippen LogP contribution in [-0.4, -0.2) is 37.1 Å². The van der Waals surface area contributed by atoms with Crippen LogP contribution in [0.5, 0.6) is 0 Å². The van der Waals surface area contributed by atoms with Gasteiger partial charge in [-0.2, -0.15) is 0 Å². The first-order valence-corrected chi connectivity index (χ1v) is 6.49. The zero-order chi connectivity index (χ0) is 12.3. The lowest BCUT2D eigenvalue weighted by atomic mass is 10.2. The fraction of sp³-hybridized carbons (Fsp3) is 0.417. The number of halogens is 1. The number of aryl methyl sites for hydroxylation is 1. The third kappa shape index (κ3) is 3.12. The number of rotatable bonds is 4. The van der Waals surface area contributed by atoms with Crippen molar-refractivity contribution in [3.63, 3.8) is 0 Å². The standard InChI is InChI=1S/C12H16BrN3O/c1-9-2-3-11(10(13)8-9)14-4-6-16-7-5-15-12(16)17/h2-3,8,14H,4-7H2,1H3,(H,15,17). The zero-order valence-electron chi connectivity index (χ0n) is 9.79. The van der Waals surface area contributed by atoms with Gasteiger partial charge in [0.2, 0.25) is 0 Å². The van der Waals surface area contributed by atoms with E-state index in [1.165, 1.54) is 5.56 Å². The van der Waals surface area contributed by atoms with Gasteiger partial charge in [-0.05, 0) is 40.5 Å². The van der Waals surface area contributed by atoms with Crippen LogP contribution in [0.1, 0.15) is 5.56 Å². The largest absolute Gasteiger partial charge is 0.382 e. The molecular formula is C12H16BrN3O. The Labute approximate surface area is 110 Å². The summed E-state index contributed by atoms with van der Waals surface area (Å²) in [5, 5.41) is 6.11. The maximum absolute atomic E-state index is 11.3.